The van der Waals surface area contributed by atoms with Crippen LogP contribution in [0.15, 0.2) is 60.7 Å². The van der Waals surface area contributed by atoms with Gasteiger partial charge in [-0.1, -0.05) is 66.7 Å². The second-order valence-electron chi connectivity index (χ2n) is 5.98. The Kier molecular flexibility index (Phi) is 7.56. The summed E-state index contributed by atoms with van der Waals surface area (Å²) >= 11 is 0. The molecule has 2 aromatic rings. The maximum Gasteiger partial charge on any atom is 0.329 e. The molecule has 0 saturated heterocycles. The molecule has 0 atom stereocenters. The number of rotatable bonds is 9. The molecule has 0 aromatic heterocycles. The van der Waals surface area contributed by atoms with Crippen molar-refractivity contribution in [2.45, 2.75) is 12.7 Å². The molecule has 0 saturated carbocycles. The quantitative estimate of drug-likeness (QED) is 0.599. The van der Waals surface area contributed by atoms with Gasteiger partial charge < -0.3 is 15.5 Å². The fraction of sp³-hybridized carbons (Fsp3) is 0.263. The van der Waals surface area contributed by atoms with Crippen molar-refractivity contribution < 1.29 is 14.4 Å². The Morgan fingerprint density at radius 2 is 1.64 bits per heavy atom. The molecule has 6 heteroatoms. The first-order valence-electron chi connectivity index (χ1n) is 8.23. The lowest BCUT2D eigenvalue weighted by Crippen LogP contribution is -2.29. The summed E-state index contributed by atoms with van der Waals surface area (Å²) in [5, 5.41) is 0. The first kappa shape index (κ1) is 19.6. The summed E-state index contributed by atoms with van der Waals surface area (Å²) in [6, 6.07) is 17.5. The van der Waals surface area contributed by atoms with Crippen molar-refractivity contribution in [1.82, 2.24) is 4.90 Å². The molecule has 0 fully saturated rings. The average molecular weight is 360 g/mol. The second-order valence-corrected chi connectivity index (χ2v) is 7.62. The van der Waals surface area contributed by atoms with Crippen LogP contribution < -0.4 is 5.73 Å². The highest BCUT2D eigenvalue weighted by Gasteiger charge is 2.13. The Hall–Kier alpha value is -1.75. The highest BCUT2D eigenvalue weighted by Crippen LogP contribution is 2.38. The summed E-state index contributed by atoms with van der Waals surface area (Å²) in [5.74, 6) is 0. The van der Waals surface area contributed by atoms with E-state index in [2.05, 4.69) is 29.2 Å². The van der Waals surface area contributed by atoms with Gasteiger partial charge in [0.1, 0.15) is 0 Å². The van der Waals surface area contributed by atoms with E-state index in [-0.39, 0.29) is 6.16 Å². The SMILES string of the molecule is NCCN(CC=Cc1ccccc1)Cc1ccc(CP(=O)(O)O)cc1. The molecular weight excluding hydrogens is 335 g/mol. The molecule has 0 aliphatic rings. The van der Waals surface area contributed by atoms with Crippen molar-refractivity contribution in [2.24, 2.45) is 5.73 Å². The van der Waals surface area contributed by atoms with Gasteiger partial charge in [0, 0.05) is 26.2 Å². The van der Waals surface area contributed by atoms with Gasteiger partial charge in [0.2, 0.25) is 0 Å². The highest BCUT2D eigenvalue weighted by molar-refractivity contribution is 7.50. The fourth-order valence-electron chi connectivity index (χ4n) is 2.57. The van der Waals surface area contributed by atoms with Crippen LogP contribution in [0.4, 0.5) is 0 Å². The molecular formula is C19H25N2O3P. The third-order valence-electron chi connectivity index (χ3n) is 3.74. The molecule has 0 bridgehead atoms. The van der Waals surface area contributed by atoms with Crippen LogP contribution in [0.5, 0.6) is 0 Å². The number of benzene rings is 2. The number of hydrogen-bond acceptors (Lipinski definition) is 3. The van der Waals surface area contributed by atoms with Gasteiger partial charge in [-0.25, -0.2) is 0 Å². The van der Waals surface area contributed by atoms with Crippen molar-refractivity contribution in [3.63, 3.8) is 0 Å². The van der Waals surface area contributed by atoms with Gasteiger partial charge in [0.15, 0.2) is 0 Å². The van der Waals surface area contributed by atoms with E-state index in [0.29, 0.717) is 12.1 Å². The zero-order valence-electron chi connectivity index (χ0n) is 14.2. The molecule has 0 spiro atoms. The first-order valence-corrected chi connectivity index (χ1v) is 10.0. The minimum atomic E-state index is -4.02. The van der Waals surface area contributed by atoms with E-state index >= 15 is 0 Å². The molecule has 25 heavy (non-hydrogen) atoms. The molecule has 5 nitrogen and oxygen atoms in total. The molecule has 0 heterocycles. The zero-order valence-corrected chi connectivity index (χ0v) is 15.1. The topological polar surface area (TPSA) is 86.8 Å². The van der Waals surface area contributed by atoms with Gasteiger partial charge in [0.25, 0.3) is 0 Å². The van der Waals surface area contributed by atoms with E-state index in [0.717, 1.165) is 30.8 Å². The van der Waals surface area contributed by atoms with E-state index in [1.807, 2.05) is 30.3 Å². The number of hydrogen-bond donors (Lipinski definition) is 3. The Labute approximate surface area is 149 Å². The molecule has 0 amide bonds. The standard InChI is InChI=1S/C19H25N2O3P/c20-12-14-21(13-4-7-17-5-2-1-3-6-17)15-18-8-10-19(11-9-18)16-25(22,23)24/h1-11H,12-16,20H2,(H2,22,23,24). The largest absolute Gasteiger partial charge is 0.329 e. The third-order valence-corrected chi connectivity index (χ3v) is 4.51. The van der Waals surface area contributed by atoms with Crippen LogP contribution in [0.2, 0.25) is 0 Å². The minimum Gasteiger partial charge on any atom is -0.329 e. The van der Waals surface area contributed by atoms with Gasteiger partial charge in [-0.2, -0.15) is 0 Å². The van der Waals surface area contributed by atoms with Crippen molar-refractivity contribution in [2.75, 3.05) is 19.6 Å². The summed E-state index contributed by atoms with van der Waals surface area (Å²) in [6.07, 6.45) is 3.99. The van der Waals surface area contributed by atoms with Gasteiger partial charge in [-0.05, 0) is 16.7 Å². The lowest BCUT2D eigenvalue weighted by molar-refractivity contribution is 0.303. The van der Waals surface area contributed by atoms with Gasteiger partial charge in [-0.15, -0.1) is 0 Å². The van der Waals surface area contributed by atoms with Gasteiger partial charge >= 0.3 is 7.60 Å². The molecule has 4 N–H and O–H groups in total. The molecule has 0 unspecified atom stereocenters. The lowest BCUT2D eigenvalue weighted by atomic mass is 10.1. The van der Waals surface area contributed by atoms with Crippen molar-refractivity contribution in [1.29, 1.82) is 0 Å². The summed E-state index contributed by atoms with van der Waals surface area (Å²) in [7, 11) is -4.02. The molecule has 134 valence electrons. The maximum absolute atomic E-state index is 11.0. The predicted octanol–water partition coefficient (Wildman–Crippen LogP) is 2.84. The second kappa shape index (κ2) is 9.66. The monoisotopic (exact) mass is 360 g/mol. The predicted molar refractivity (Wildman–Crippen MR) is 102 cm³/mol. The van der Waals surface area contributed by atoms with Crippen molar-refractivity contribution >= 4 is 13.7 Å². The lowest BCUT2D eigenvalue weighted by Gasteiger charge is -2.20. The Morgan fingerprint density at radius 1 is 1.00 bits per heavy atom. The Bertz CT molecular complexity index is 711. The van der Waals surface area contributed by atoms with Crippen LogP contribution in [0.25, 0.3) is 6.08 Å². The molecule has 2 rings (SSSR count). The number of nitrogens with two attached hydrogens (primary N) is 1. The smallest absolute Gasteiger partial charge is 0.329 e. The molecule has 0 aliphatic carbocycles. The van der Waals surface area contributed by atoms with E-state index in [4.69, 9.17) is 15.5 Å². The summed E-state index contributed by atoms with van der Waals surface area (Å²) < 4.78 is 11.0. The normalized spacial score (nSPS) is 12.2. The van der Waals surface area contributed by atoms with Crippen LogP contribution in [0.1, 0.15) is 16.7 Å². The van der Waals surface area contributed by atoms with Crippen LogP contribution in [0, 0.1) is 0 Å². The summed E-state index contributed by atoms with van der Waals surface area (Å²) in [4.78, 5) is 20.3. The van der Waals surface area contributed by atoms with Gasteiger partial charge in [-0.3, -0.25) is 9.46 Å². The van der Waals surface area contributed by atoms with Crippen molar-refractivity contribution in [3.8, 4) is 0 Å². The summed E-state index contributed by atoms with van der Waals surface area (Å²) in [6.45, 7) is 2.89. The van der Waals surface area contributed by atoms with Crippen LogP contribution in [-0.2, 0) is 17.3 Å². The fourth-order valence-corrected chi connectivity index (χ4v) is 3.25. The highest BCUT2D eigenvalue weighted by atomic mass is 31.2. The molecule has 0 radical (unpaired) electrons. The van der Waals surface area contributed by atoms with E-state index in [9.17, 15) is 4.57 Å². The Balaban J connectivity index is 1.94. The van der Waals surface area contributed by atoms with Crippen LogP contribution >= 0.6 is 7.60 Å². The third kappa shape index (κ3) is 7.78. The summed E-state index contributed by atoms with van der Waals surface area (Å²) in [5.41, 5.74) is 8.61. The van der Waals surface area contributed by atoms with E-state index < -0.39 is 7.60 Å². The average Bonchev–Trinajstić information content (AvgIpc) is 2.56. The number of nitrogens with zero attached hydrogens (tertiary/aromatic N) is 1. The molecule has 0 aliphatic heterocycles. The zero-order chi connectivity index (χ0) is 18.1. The first-order chi connectivity index (χ1) is 12.0. The van der Waals surface area contributed by atoms with Crippen molar-refractivity contribution in [3.05, 3.63) is 77.4 Å². The van der Waals surface area contributed by atoms with E-state index in [1.54, 1.807) is 12.1 Å². The van der Waals surface area contributed by atoms with E-state index in [1.165, 1.54) is 0 Å². The van der Waals surface area contributed by atoms with Crippen LogP contribution in [0.3, 0.4) is 0 Å². The minimum absolute atomic E-state index is 0.223. The maximum atomic E-state index is 11.0. The molecule has 2 aromatic carbocycles. The Morgan fingerprint density at radius 3 is 2.24 bits per heavy atom. The van der Waals surface area contributed by atoms with Crippen LogP contribution in [-0.4, -0.2) is 34.3 Å². The van der Waals surface area contributed by atoms with Gasteiger partial charge in [0.05, 0.1) is 6.16 Å².